The van der Waals surface area contributed by atoms with Crippen molar-refractivity contribution in [2.24, 2.45) is 0 Å². The highest BCUT2D eigenvalue weighted by Gasteiger charge is 2.18. The third kappa shape index (κ3) is 2.84. The molecule has 1 aromatic carbocycles. The molecule has 0 spiro atoms. The van der Waals surface area contributed by atoms with Crippen LogP contribution in [0.25, 0.3) is 11.0 Å². The van der Waals surface area contributed by atoms with Gasteiger partial charge in [-0.05, 0) is 51.1 Å². The molecule has 1 aliphatic rings. The van der Waals surface area contributed by atoms with Gasteiger partial charge in [0.2, 0.25) is 5.95 Å². The molecule has 0 aliphatic carbocycles. The molecule has 0 saturated carbocycles. The van der Waals surface area contributed by atoms with Gasteiger partial charge in [0.15, 0.2) is 0 Å². The predicted molar refractivity (Wildman–Crippen MR) is 91.8 cm³/mol. The van der Waals surface area contributed by atoms with Gasteiger partial charge in [-0.2, -0.15) is 0 Å². The fourth-order valence-corrected chi connectivity index (χ4v) is 3.24. The predicted octanol–water partition coefficient (Wildman–Crippen LogP) is 3.15. The Morgan fingerprint density at radius 3 is 2.87 bits per heavy atom. The van der Waals surface area contributed by atoms with Crippen molar-refractivity contribution >= 4 is 17.0 Å². The van der Waals surface area contributed by atoms with Crippen LogP contribution in [0.5, 0.6) is 0 Å². The molecule has 23 heavy (non-hydrogen) atoms. The number of fused-ring (bicyclic) bond motifs is 1. The molecule has 1 fully saturated rings. The summed E-state index contributed by atoms with van der Waals surface area (Å²) < 4.78 is 7.71. The van der Waals surface area contributed by atoms with Gasteiger partial charge in [0, 0.05) is 11.6 Å². The van der Waals surface area contributed by atoms with Gasteiger partial charge in [-0.25, -0.2) is 4.98 Å². The summed E-state index contributed by atoms with van der Waals surface area (Å²) in [5.41, 5.74) is 3.39. The first-order valence-corrected chi connectivity index (χ1v) is 8.27. The Balaban J connectivity index is 1.70. The molecule has 5 nitrogen and oxygen atoms in total. The monoisotopic (exact) mass is 310 g/mol. The second-order valence-corrected chi connectivity index (χ2v) is 6.18. The first-order valence-electron chi connectivity index (χ1n) is 8.27. The van der Waals surface area contributed by atoms with Crippen molar-refractivity contribution in [1.29, 1.82) is 0 Å². The van der Waals surface area contributed by atoms with E-state index in [2.05, 4.69) is 33.4 Å². The van der Waals surface area contributed by atoms with E-state index in [4.69, 9.17) is 9.40 Å². The van der Waals surface area contributed by atoms with Gasteiger partial charge in [0.25, 0.3) is 0 Å². The average molecular weight is 310 g/mol. The summed E-state index contributed by atoms with van der Waals surface area (Å²) in [7, 11) is 0. The number of imidazole rings is 1. The molecule has 0 radical (unpaired) electrons. The van der Waals surface area contributed by atoms with Crippen molar-refractivity contribution in [1.82, 2.24) is 14.9 Å². The lowest BCUT2D eigenvalue weighted by molar-refractivity contribution is 0.475. The molecule has 0 amide bonds. The van der Waals surface area contributed by atoms with Crippen LogP contribution >= 0.6 is 0 Å². The van der Waals surface area contributed by atoms with Crippen molar-refractivity contribution in [2.75, 3.05) is 18.4 Å². The van der Waals surface area contributed by atoms with Crippen LogP contribution in [0.1, 0.15) is 24.2 Å². The third-order valence-corrected chi connectivity index (χ3v) is 4.62. The number of aryl methyl sites for hydroxylation is 1. The Bertz CT molecular complexity index is 798. The SMILES string of the molecule is Cc1occc1Cn1c(NC2CCNCC2)nc2ccccc21. The van der Waals surface area contributed by atoms with E-state index in [1.54, 1.807) is 6.26 Å². The van der Waals surface area contributed by atoms with Crippen molar-refractivity contribution in [3.63, 3.8) is 0 Å². The molecule has 5 heteroatoms. The Morgan fingerprint density at radius 1 is 1.26 bits per heavy atom. The first-order chi connectivity index (χ1) is 11.3. The molecular weight excluding hydrogens is 288 g/mol. The maximum atomic E-state index is 5.45. The number of anilines is 1. The van der Waals surface area contributed by atoms with Crippen LogP contribution in [0.15, 0.2) is 41.0 Å². The standard InChI is InChI=1S/C18H22N4O/c1-13-14(8-11-23-13)12-22-17-5-3-2-4-16(17)21-18(22)20-15-6-9-19-10-7-15/h2-5,8,11,15,19H,6-7,9-10,12H2,1H3,(H,20,21). The summed E-state index contributed by atoms with van der Waals surface area (Å²) in [6, 6.07) is 10.8. The second-order valence-electron chi connectivity index (χ2n) is 6.18. The quantitative estimate of drug-likeness (QED) is 0.777. The van der Waals surface area contributed by atoms with Crippen LogP contribution in [-0.4, -0.2) is 28.7 Å². The minimum absolute atomic E-state index is 0.484. The lowest BCUT2D eigenvalue weighted by atomic mass is 10.1. The largest absolute Gasteiger partial charge is 0.469 e. The van der Waals surface area contributed by atoms with E-state index in [0.29, 0.717) is 6.04 Å². The number of aromatic nitrogens is 2. The van der Waals surface area contributed by atoms with Crippen LogP contribution in [0.4, 0.5) is 5.95 Å². The fourth-order valence-electron chi connectivity index (χ4n) is 3.24. The molecule has 3 aromatic rings. The number of piperidine rings is 1. The van der Waals surface area contributed by atoms with E-state index in [-0.39, 0.29) is 0 Å². The number of hydrogen-bond acceptors (Lipinski definition) is 4. The Morgan fingerprint density at radius 2 is 2.09 bits per heavy atom. The number of nitrogens with one attached hydrogen (secondary N) is 2. The summed E-state index contributed by atoms with van der Waals surface area (Å²) in [6.45, 7) is 4.92. The lowest BCUT2D eigenvalue weighted by Crippen LogP contribution is -2.36. The van der Waals surface area contributed by atoms with Gasteiger partial charge in [-0.3, -0.25) is 0 Å². The number of furan rings is 1. The Hall–Kier alpha value is -2.27. The van der Waals surface area contributed by atoms with Crippen LogP contribution in [0, 0.1) is 6.92 Å². The number of para-hydroxylation sites is 2. The van der Waals surface area contributed by atoms with Crippen molar-refractivity contribution in [3.05, 3.63) is 47.9 Å². The zero-order chi connectivity index (χ0) is 15.6. The minimum Gasteiger partial charge on any atom is -0.469 e. The lowest BCUT2D eigenvalue weighted by Gasteiger charge is -2.24. The molecule has 2 N–H and O–H groups in total. The summed E-state index contributed by atoms with van der Waals surface area (Å²) in [6.07, 6.45) is 4.02. The zero-order valence-electron chi connectivity index (χ0n) is 13.4. The average Bonchev–Trinajstić information content (AvgIpc) is 3.13. The number of rotatable bonds is 4. The summed E-state index contributed by atoms with van der Waals surface area (Å²) >= 11 is 0. The highest BCUT2D eigenvalue weighted by molar-refractivity contribution is 5.78. The maximum Gasteiger partial charge on any atom is 0.204 e. The van der Waals surface area contributed by atoms with Gasteiger partial charge in [-0.1, -0.05) is 12.1 Å². The molecule has 2 aromatic heterocycles. The Kier molecular flexibility index (Phi) is 3.79. The van der Waals surface area contributed by atoms with E-state index in [9.17, 15) is 0 Å². The maximum absolute atomic E-state index is 5.45. The molecule has 0 unspecified atom stereocenters. The highest BCUT2D eigenvalue weighted by atomic mass is 16.3. The van der Waals surface area contributed by atoms with Crippen LogP contribution in [0.3, 0.4) is 0 Å². The van der Waals surface area contributed by atoms with Gasteiger partial charge in [0.05, 0.1) is 23.8 Å². The van der Waals surface area contributed by atoms with Crippen LogP contribution in [-0.2, 0) is 6.54 Å². The van der Waals surface area contributed by atoms with Crippen molar-refractivity contribution in [3.8, 4) is 0 Å². The van der Waals surface area contributed by atoms with Crippen LogP contribution in [0.2, 0.25) is 0 Å². The molecule has 0 atom stereocenters. The number of hydrogen-bond donors (Lipinski definition) is 2. The van der Waals surface area contributed by atoms with Crippen molar-refractivity contribution < 1.29 is 4.42 Å². The number of nitrogens with zero attached hydrogens (tertiary/aromatic N) is 2. The molecule has 120 valence electrons. The topological polar surface area (TPSA) is 55.0 Å². The molecule has 0 bridgehead atoms. The summed E-state index contributed by atoms with van der Waals surface area (Å²) in [5.74, 6) is 1.93. The summed E-state index contributed by atoms with van der Waals surface area (Å²) in [5, 5.41) is 7.06. The van der Waals surface area contributed by atoms with Gasteiger partial charge >= 0.3 is 0 Å². The number of benzene rings is 1. The smallest absolute Gasteiger partial charge is 0.204 e. The zero-order valence-corrected chi connectivity index (χ0v) is 13.4. The van der Waals surface area contributed by atoms with E-state index in [1.807, 2.05) is 19.1 Å². The van der Waals surface area contributed by atoms with E-state index in [1.165, 1.54) is 5.56 Å². The van der Waals surface area contributed by atoms with Gasteiger partial charge < -0.3 is 19.6 Å². The third-order valence-electron chi connectivity index (χ3n) is 4.62. The minimum atomic E-state index is 0.484. The van der Waals surface area contributed by atoms with E-state index >= 15 is 0 Å². The second kappa shape index (κ2) is 6.08. The molecule has 1 aliphatic heterocycles. The fraction of sp³-hybridized carbons (Fsp3) is 0.389. The molecule has 3 heterocycles. The van der Waals surface area contributed by atoms with Gasteiger partial charge in [0.1, 0.15) is 5.76 Å². The van der Waals surface area contributed by atoms with E-state index in [0.717, 1.165) is 55.2 Å². The first kappa shape index (κ1) is 14.3. The van der Waals surface area contributed by atoms with Gasteiger partial charge in [-0.15, -0.1) is 0 Å². The molecule has 1 saturated heterocycles. The molecule has 4 rings (SSSR count). The highest BCUT2D eigenvalue weighted by Crippen LogP contribution is 2.24. The van der Waals surface area contributed by atoms with Crippen molar-refractivity contribution in [2.45, 2.75) is 32.4 Å². The molecular formula is C18H22N4O. The summed E-state index contributed by atoms with van der Waals surface area (Å²) in [4.78, 5) is 4.82. The normalized spacial score (nSPS) is 16.0. The van der Waals surface area contributed by atoms with E-state index < -0.39 is 0 Å². The Labute approximate surface area is 135 Å². The van der Waals surface area contributed by atoms with Crippen LogP contribution < -0.4 is 10.6 Å².